The van der Waals surface area contributed by atoms with Gasteiger partial charge in [0.15, 0.2) is 0 Å². The second kappa shape index (κ2) is 39.3. The van der Waals surface area contributed by atoms with Crippen LogP contribution in [0.3, 0.4) is 0 Å². The zero-order valence-electron chi connectivity index (χ0n) is 34.2. The molecule has 0 bridgehead atoms. The van der Waals surface area contributed by atoms with Crippen molar-refractivity contribution in [2.45, 2.75) is 238 Å². The van der Waals surface area contributed by atoms with Crippen molar-refractivity contribution in [1.82, 2.24) is 5.32 Å². The number of carbonyl (C=O) groups is 1. The molecule has 0 spiro atoms. The topological polar surface area (TPSA) is 104 Å². The number of hydrogen-bond donors (Lipinski definition) is 3. The van der Waals surface area contributed by atoms with Gasteiger partial charge < -0.3 is 10.4 Å². The first-order chi connectivity index (χ1) is 25.3. The number of aliphatic hydroxyl groups excluding tert-OH is 1. The van der Waals surface area contributed by atoms with Crippen LogP contribution in [-0.2, 0) is 14.9 Å². The molecule has 0 fully saturated rings. The van der Waals surface area contributed by atoms with Gasteiger partial charge in [0, 0.05) is 6.42 Å². The summed E-state index contributed by atoms with van der Waals surface area (Å²) in [5, 5.41) is 13.2. The number of hydrogen-bond acceptors (Lipinski definition) is 4. The molecule has 1 amide bonds. The molecule has 0 saturated carbocycles. The lowest BCUT2D eigenvalue weighted by Gasteiger charge is -2.21. The van der Waals surface area contributed by atoms with Gasteiger partial charge in [0.25, 0.3) is 10.1 Å². The Morgan fingerprint density at radius 3 is 1.21 bits per heavy atom. The fraction of sp³-hybridized carbons (Fsp3) is 0.844. The SMILES string of the molecule is CCCCCCCC/C=C\CCCCCCCCCCCC(=O)NC(CS(=O)(=O)O)C(O)/C=C/CC/C=C/CCCCCCCCCCCCCC. The molecule has 0 aliphatic heterocycles. The highest BCUT2D eigenvalue weighted by atomic mass is 32.2. The van der Waals surface area contributed by atoms with Gasteiger partial charge in [-0.05, 0) is 57.8 Å². The number of rotatable bonds is 40. The molecule has 0 aliphatic rings. The lowest BCUT2D eigenvalue weighted by Crippen LogP contribution is -2.46. The molecule has 0 aliphatic carbocycles. The summed E-state index contributed by atoms with van der Waals surface area (Å²) in [6.45, 7) is 4.53. The summed E-state index contributed by atoms with van der Waals surface area (Å²) < 4.78 is 32.5. The summed E-state index contributed by atoms with van der Waals surface area (Å²) in [5.41, 5.74) is 0. The van der Waals surface area contributed by atoms with E-state index in [4.69, 9.17) is 0 Å². The first kappa shape index (κ1) is 50.6. The van der Waals surface area contributed by atoms with Gasteiger partial charge in [-0.2, -0.15) is 8.42 Å². The van der Waals surface area contributed by atoms with Gasteiger partial charge in [-0.15, -0.1) is 0 Å². The summed E-state index contributed by atoms with van der Waals surface area (Å²) in [7, 11) is -4.35. The predicted octanol–water partition coefficient (Wildman–Crippen LogP) is 13.3. The van der Waals surface area contributed by atoms with E-state index in [2.05, 4.69) is 43.5 Å². The number of unbranched alkanes of at least 4 members (excludes halogenated alkanes) is 28. The molecule has 6 nitrogen and oxygen atoms in total. The summed E-state index contributed by atoms with van der Waals surface area (Å²) in [4.78, 5) is 12.5. The van der Waals surface area contributed by atoms with Crippen molar-refractivity contribution in [3.8, 4) is 0 Å². The monoisotopic (exact) mass is 752 g/mol. The Morgan fingerprint density at radius 1 is 0.500 bits per heavy atom. The maximum absolute atomic E-state index is 12.5. The fourth-order valence-corrected chi connectivity index (χ4v) is 7.43. The number of allylic oxidation sites excluding steroid dienone is 5. The predicted molar refractivity (Wildman–Crippen MR) is 225 cm³/mol. The van der Waals surface area contributed by atoms with E-state index in [9.17, 15) is 22.9 Å². The average molecular weight is 752 g/mol. The van der Waals surface area contributed by atoms with Crippen molar-refractivity contribution >= 4 is 16.0 Å². The van der Waals surface area contributed by atoms with E-state index < -0.39 is 28.0 Å². The van der Waals surface area contributed by atoms with Gasteiger partial charge in [-0.3, -0.25) is 9.35 Å². The number of aliphatic hydroxyl groups is 1. The van der Waals surface area contributed by atoms with Gasteiger partial charge >= 0.3 is 0 Å². The van der Waals surface area contributed by atoms with Crippen LogP contribution < -0.4 is 5.32 Å². The quantitative estimate of drug-likeness (QED) is 0.0328. The molecule has 52 heavy (non-hydrogen) atoms. The third-order valence-corrected chi connectivity index (χ3v) is 10.8. The van der Waals surface area contributed by atoms with Crippen LogP contribution in [0.25, 0.3) is 0 Å². The number of amides is 1. The van der Waals surface area contributed by atoms with Crippen LogP contribution in [0.5, 0.6) is 0 Å². The third kappa shape index (κ3) is 39.8. The Labute approximate surface area is 323 Å². The Hall–Kier alpha value is -1.44. The minimum Gasteiger partial charge on any atom is -0.387 e. The molecule has 7 heteroatoms. The zero-order chi connectivity index (χ0) is 38.2. The summed E-state index contributed by atoms with van der Waals surface area (Å²) in [6.07, 6.45) is 51.3. The fourth-order valence-electron chi connectivity index (χ4n) is 6.70. The highest BCUT2D eigenvalue weighted by Gasteiger charge is 2.24. The van der Waals surface area contributed by atoms with Gasteiger partial charge in [-0.1, -0.05) is 198 Å². The standard InChI is InChI=1S/C45H85NO5S/c1-3-5-7-9-11-13-15-17-19-21-23-25-27-29-31-33-35-37-39-41-45(48)46-43(42-52(49,50)51)44(47)40-38-36-34-32-30-28-26-24-22-20-18-16-14-12-10-8-6-4-2/h17,19,30,32,38,40,43-44,47H,3-16,18,20-29,31,33-37,39,41-42H2,1-2H3,(H,46,48)(H,49,50,51)/b19-17-,32-30+,40-38+. The molecule has 0 aromatic rings. The minimum atomic E-state index is -4.35. The zero-order valence-corrected chi connectivity index (χ0v) is 35.0. The third-order valence-electron chi connectivity index (χ3n) is 10.0. The largest absolute Gasteiger partial charge is 0.387 e. The van der Waals surface area contributed by atoms with Crippen LogP contribution in [0.4, 0.5) is 0 Å². The lowest BCUT2D eigenvalue weighted by atomic mass is 10.0. The molecule has 0 radical (unpaired) electrons. The van der Waals surface area contributed by atoms with Gasteiger partial charge in [0.1, 0.15) is 0 Å². The first-order valence-corrected chi connectivity index (χ1v) is 23.8. The molecule has 306 valence electrons. The molecule has 2 unspecified atom stereocenters. The van der Waals surface area contributed by atoms with E-state index in [1.807, 2.05) is 6.08 Å². The summed E-state index contributed by atoms with van der Waals surface area (Å²) in [5.74, 6) is -0.999. The van der Waals surface area contributed by atoms with Crippen molar-refractivity contribution in [3.63, 3.8) is 0 Å². The number of carbonyl (C=O) groups excluding carboxylic acids is 1. The molecule has 0 aromatic heterocycles. The Balaban J connectivity index is 3.91. The Kier molecular flexibility index (Phi) is 38.2. The van der Waals surface area contributed by atoms with Crippen molar-refractivity contribution in [3.05, 3.63) is 36.5 Å². The van der Waals surface area contributed by atoms with Crippen LogP contribution in [0.2, 0.25) is 0 Å². The maximum atomic E-state index is 12.5. The smallest absolute Gasteiger partial charge is 0.267 e. The van der Waals surface area contributed by atoms with Gasteiger partial charge in [0.2, 0.25) is 5.91 Å². The average Bonchev–Trinajstić information content (AvgIpc) is 3.11. The van der Waals surface area contributed by atoms with Crippen LogP contribution in [0, 0.1) is 0 Å². The van der Waals surface area contributed by atoms with Crippen LogP contribution in [0.15, 0.2) is 36.5 Å². The molecule has 2 atom stereocenters. The molecule has 0 aromatic carbocycles. The molecule has 0 saturated heterocycles. The second-order valence-corrected chi connectivity index (χ2v) is 16.8. The summed E-state index contributed by atoms with van der Waals surface area (Å²) >= 11 is 0. The van der Waals surface area contributed by atoms with E-state index in [1.54, 1.807) is 0 Å². The molecular weight excluding hydrogens is 667 g/mol. The van der Waals surface area contributed by atoms with E-state index in [0.717, 1.165) is 38.5 Å². The summed E-state index contributed by atoms with van der Waals surface area (Å²) in [6, 6.07) is -1.07. The normalized spacial score (nSPS) is 13.5. The Morgan fingerprint density at radius 2 is 0.827 bits per heavy atom. The molecular formula is C45H85NO5S. The van der Waals surface area contributed by atoms with Crippen molar-refractivity contribution in [2.24, 2.45) is 0 Å². The van der Waals surface area contributed by atoms with Crippen LogP contribution >= 0.6 is 0 Å². The first-order valence-electron chi connectivity index (χ1n) is 22.2. The molecule has 0 rings (SSSR count). The van der Waals surface area contributed by atoms with E-state index in [1.165, 1.54) is 173 Å². The van der Waals surface area contributed by atoms with E-state index in [0.29, 0.717) is 0 Å². The van der Waals surface area contributed by atoms with Crippen molar-refractivity contribution in [1.29, 1.82) is 0 Å². The maximum Gasteiger partial charge on any atom is 0.267 e. The van der Waals surface area contributed by atoms with E-state index >= 15 is 0 Å². The van der Waals surface area contributed by atoms with Crippen LogP contribution in [0.1, 0.15) is 226 Å². The number of nitrogens with one attached hydrogen (secondary N) is 1. The van der Waals surface area contributed by atoms with Gasteiger partial charge in [-0.25, -0.2) is 0 Å². The van der Waals surface area contributed by atoms with Crippen LogP contribution in [-0.4, -0.2) is 41.9 Å². The highest BCUT2D eigenvalue weighted by Crippen LogP contribution is 2.14. The molecule has 0 heterocycles. The van der Waals surface area contributed by atoms with E-state index in [-0.39, 0.29) is 12.3 Å². The van der Waals surface area contributed by atoms with Crippen molar-refractivity contribution < 1.29 is 22.9 Å². The highest BCUT2D eigenvalue weighted by molar-refractivity contribution is 7.85. The molecule has 3 N–H and O–H groups in total. The second-order valence-electron chi connectivity index (χ2n) is 15.3. The Bertz CT molecular complexity index is 961. The van der Waals surface area contributed by atoms with Gasteiger partial charge in [0.05, 0.1) is 17.9 Å². The lowest BCUT2D eigenvalue weighted by molar-refractivity contribution is -0.122. The minimum absolute atomic E-state index is 0.286. The van der Waals surface area contributed by atoms with Crippen molar-refractivity contribution in [2.75, 3.05) is 5.75 Å².